The van der Waals surface area contributed by atoms with E-state index in [2.05, 4.69) is 4.98 Å². The summed E-state index contributed by atoms with van der Waals surface area (Å²) in [5, 5.41) is 0. The lowest BCUT2D eigenvalue weighted by molar-refractivity contribution is -0.138. The second-order valence-electron chi connectivity index (χ2n) is 6.29. The summed E-state index contributed by atoms with van der Waals surface area (Å²) in [7, 11) is 1.54. The standard InChI is InChI=1S/C18H18FN3O2/c1-24-10-17(23)22-13-6-7-16(22)14-9-20-18(21-15(14)8-13)11-2-4-12(19)5-3-11/h2-5,9,13,16H,6-8,10H2,1H3/t13-,16+/m0/s1. The van der Waals surface area contributed by atoms with Crippen molar-refractivity contribution in [3.05, 3.63) is 47.5 Å². The fraction of sp³-hybridized carbons (Fsp3) is 0.389. The van der Waals surface area contributed by atoms with Crippen LogP contribution in [0.25, 0.3) is 11.4 Å². The quantitative estimate of drug-likeness (QED) is 0.869. The average Bonchev–Trinajstić information content (AvgIpc) is 2.91. The molecule has 24 heavy (non-hydrogen) atoms. The lowest BCUT2D eigenvalue weighted by Crippen LogP contribution is -2.43. The van der Waals surface area contributed by atoms with Gasteiger partial charge in [-0.3, -0.25) is 4.79 Å². The number of fused-ring (bicyclic) bond motifs is 4. The summed E-state index contributed by atoms with van der Waals surface area (Å²) < 4.78 is 18.1. The van der Waals surface area contributed by atoms with Crippen molar-refractivity contribution in [2.45, 2.75) is 31.3 Å². The number of carbonyl (C=O) groups is 1. The summed E-state index contributed by atoms with van der Waals surface area (Å²) in [5.74, 6) is 0.352. The van der Waals surface area contributed by atoms with E-state index in [1.54, 1.807) is 12.1 Å². The second-order valence-corrected chi connectivity index (χ2v) is 6.29. The molecular formula is C18H18FN3O2. The molecule has 0 saturated carbocycles. The highest BCUT2D eigenvalue weighted by molar-refractivity contribution is 5.79. The van der Waals surface area contributed by atoms with Gasteiger partial charge in [-0.25, -0.2) is 14.4 Å². The van der Waals surface area contributed by atoms with Gasteiger partial charge in [0.05, 0.1) is 11.7 Å². The van der Waals surface area contributed by atoms with E-state index in [1.165, 1.54) is 19.2 Å². The summed E-state index contributed by atoms with van der Waals surface area (Å²) in [6.45, 7) is 0.108. The van der Waals surface area contributed by atoms with Crippen LogP contribution in [0.5, 0.6) is 0 Å². The monoisotopic (exact) mass is 327 g/mol. The van der Waals surface area contributed by atoms with Gasteiger partial charge in [-0.05, 0) is 37.1 Å². The topological polar surface area (TPSA) is 55.3 Å². The molecule has 2 bridgehead atoms. The highest BCUT2D eigenvalue weighted by Crippen LogP contribution is 2.43. The van der Waals surface area contributed by atoms with Crippen LogP contribution in [-0.4, -0.2) is 40.5 Å². The Kier molecular flexibility index (Phi) is 3.76. The molecule has 1 amide bonds. The first kappa shape index (κ1) is 15.2. The van der Waals surface area contributed by atoms with Crippen molar-refractivity contribution in [3.63, 3.8) is 0 Å². The third-order valence-electron chi connectivity index (χ3n) is 4.85. The molecule has 2 atom stereocenters. The van der Waals surface area contributed by atoms with Crippen LogP contribution in [-0.2, 0) is 16.0 Å². The van der Waals surface area contributed by atoms with Crippen molar-refractivity contribution in [2.75, 3.05) is 13.7 Å². The van der Waals surface area contributed by atoms with E-state index >= 15 is 0 Å². The zero-order valence-electron chi connectivity index (χ0n) is 13.4. The number of ether oxygens (including phenoxy) is 1. The number of nitrogens with zero attached hydrogens (tertiary/aromatic N) is 3. The van der Waals surface area contributed by atoms with Gasteiger partial charge in [-0.1, -0.05) is 0 Å². The number of halogens is 1. The van der Waals surface area contributed by atoms with Crippen LogP contribution in [0, 0.1) is 5.82 Å². The van der Waals surface area contributed by atoms with Crippen molar-refractivity contribution in [1.82, 2.24) is 14.9 Å². The molecule has 1 aromatic heterocycles. The molecule has 0 aliphatic carbocycles. The molecule has 2 aliphatic rings. The fourth-order valence-electron chi connectivity index (χ4n) is 3.79. The van der Waals surface area contributed by atoms with Crippen LogP contribution in [0.1, 0.15) is 30.1 Å². The highest BCUT2D eigenvalue weighted by atomic mass is 19.1. The zero-order valence-corrected chi connectivity index (χ0v) is 13.4. The Bertz CT molecular complexity index is 778. The van der Waals surface area contributed by atoms with Crippen molar-refractivity contribution >= 4 is 5.91 Å². The maximum atomic E-state index is 13.1. The molecule has 0 unspecified atom stereocenters. The molecule has 0 N–H and O–H groups in total. The van der Waals surface area contributed by atoms with Crippen LogP contribution in [0.2, 0.25) is 0 Å². The second kappa shape index (κ2) is 5.94. The highest BCUT2D eigenvalue weighted by Gasteiger charge is 2.43. The van der Waals surface area contributed by atoms with Gasteiger partial charge in [-0.2, -0.15) is 0 Å². The van der Waals surface area contributed by atoms with Gasteiger partial charge in [0.25, 0.3) is 0 Å². The van der Waals surface area contributed by atoms with E-state index in [-0.39, 0.29) is 30.4 Å². The lowest BCUT2D eigenvalue weighted by atomic mass is 9.99. The van der Waals surface area contributed by atoms with Crippen molar-refractivity contribution in [3.8, 4) is 11.4 Å². The molecule has 0 radical (unpaired) electrons. The lowest BCUT2D eigenvalue weighted by Gasteiger charge is -2.35. The third kappa shape index (κ3) is 2.47. The van der Waals surface area contributed by atoms with Gasteiger partial charge in [-0.15, -0.1) is 0 Å². The normalized spacial score (nSPS) is 21.7. The summed E-state index contributed by atoms with van der Waals surface area (Å²) in [6.07, 6.45) is 4.47. The Labute approximate surface area is 139 Å². The predicted molar refractivity (Wildman–Crippen MR) is 85.6 cm³/mol. The number of rotatable bonds is 3. The number of methoxy groups -OCH3 is 1. The summed E-state index contributed by atoms with van der Waals surface area (Å²) in [6, 6.07) is 6.41. The van der Waals surface area contributed by atoms with Crippen molar-refractivity contribution in [2.24, 2.45) is 0 Å². The minimum atomic E-state index is -0.276. The van der Waals surface area contributed by atoms with Crippen molar-refractivity contribution < 1.29 is 13.9 Å². The molecular weight excluding hydrogens is 309 g/mol. The number of amides is 1. The molecule has 1 saturated heterocycles. The van der Waals surface area contributed by atoms with Crippen LogP contribution in [0.15, 0.2) is 30.5 Å². The SMILES string of the molecule is COCC(=O)N1[C@H]2CC[C@@H]1c1cnc(-c3ccc(F)cc3)nc1C2. The Morgan fingerprint density at radius 1 is 1.33 bits per heavy atom. The van der Waals surface area contributed by atoms with Crippen LogP contribution in [0.3, 0.4) is 0 Å². The number of aromatic nitrogens is 2. The van der Waals surface area contributed by atoms with Gasteiger partial charge < -0.3 is 9.64 Å². The Morgan fingerprint density at radius 3 is 2.88 bits per heavy atom. The zero-order chi connectivity index (χ0) is 16.7. The van der Waals surface area contributed by atoms with Crippen molar-refractivity contribution in [1.29, 1.82) is 0 Å². The van der Waals surface area contributed by atoms with E-state index in [0.29, 0.717) is 5.82 Å². The number of benzene rings is 1. The molecule has 6 heteroatoms. The fourth-order valence-corrected chi connectivity index (χ4v) is 3.79. The molecule has 0 spiro atoms. The molecule has 2 aliphatic heterocycles. The third-order valence-corrected chi connectivity index (χ3v) is 4.85. The number of hydrogen-bond donors (Lipinski definition) is 0. The molecule has 1 aromatic carbocycles. The first-order valence-electron chi connectivity index (χ1n) is 8.09. The summed E-state index contributed by atoms with van der Waals surface area (Å²) >= 11 is 0. The molecule has 124 valence electrons. The first-order valence-corrected chi connectivity index (χ1v) is 8.09. The van der Waals surface area contributed by atoms with Gasteiger partial charge in [0, 0.05) is 36.9 Å². The van der Waals surface area contributed by atoms with Gasteiger partial charge in [0.1, 0.15) is 12.4 Å². The molecule has 4 rings (SSSR count). The maximum Gasteiger partial charge on any atom is 0.249 e. The average molecular weight is 327 g/mol. The predicted octanol–water partition coefficient (Wildman–Crippen LogP) is 2.52. The van der Waals surface area contributed by atoms with E-state index < -0.39 is 0 Å². The summed E-state index contributed by atoms with van der Waals surface area (Å²) in [4.78, 5) is 23.4. The van der Waals surface area contributed by atoms with Crippen LogP contribution < -0.4 is 0 Å². The van der Waals surface area contributed by atoms with E-state index in [9.17, 15) is 9.18 Å². The number of carbonyl (C=O) groups excluding carboxylic acids is 1. The number of hydrogen-bond acceptors (Lipinski definition) is 4. The van der Waals surface area contributed by atoms with Gasteiger partial charge in [0.15, 0.2) is 5.82 Å². The van der Waals surface area contributed by atoms with E-state index in [1.807, 2.05) is 11.1 Å². The van der Waals surface area contributed by atoms with Crippen LogP contribution >= 0.6 is 0 Å². The Hall–Kier alpha value is -2.34. The molecule has 5 nitrogen and oxygen atoms in total. The van der Waals surface area contributed by atoms with Gasteiger partial charge in [0.2, 0.25) is 5.91 Å². The first-order chi connectivity index (χ1) is 11.7. The summed E-state index contributed by atoms with van der Waals surface area (Å²) in [5.41, 5.74) is 2.82. The Balaban J connectivity index is 1.67. The van der Waals surface area contributed by atoms with Gasteiger partial charge >= 0.3 is 0 Å². The minimum absolute atomic E-state index is 0.0262. The van der Waals surface area contributed by atoms with Crippen LogP contribution in [0.4, 0.5) is 4.39 Å². The molecule has 1 fully saturated rings. The minimum Gasteiger partial charge on any atom is -0.375 e. The maximum absolute atomic E-state index is 13.1. The van der Waals surface area contributed by atoms with E-state index in [0.717, 1.165) is 36.1 Å². The molecule has 2 aromatic rings. The Morgan fingerprint density at radius 2 is 2.12 bits per heavy atom. The van der Waals surface area contributed by atoms with E-state index in [4.69, 9.17) is 9.72 Å². The largest absolute Gasteiger partial charge is 0.375 e. The smallest absolute Gasteiger partial charge is 0.249 e. The molecule has 3 heterocycles.